The second-order valence-electron chi connectivity index (χ2n) is 8.75. The predicted molar refractivity (Wildman–Crippen MR) is 129 cm³/mol. The van der Waals surface area contributed by atoms with Gasteiger partial charge in [0.1, 0.15) is 5.70 Å². The highest BCUT2D eigenvalue weighted by molar-refractivity contribution is 7.11. The Bertz CT molecular complexity index is 1290. The fourth-order valence-electron chi connectivity index (χ4n) is 4.83. The predicted octanol–water partition coefficient (Wildman–Crippen LogP) is 3.64. The van der Waals surface area contributed by atoms with Gasteiger partial charge in [0.2, 0.25) is 0 Å². The molecular weight excluding hydrogens is 434 g/mol. The Labute approximate surface area is 196 Å². The smallest absolute Gasteiger partial charge is 0.270 e. The molecule has 2 aromatic heterocycles. The lowest BCUT2D eigenvalue weighted by atomic mass is 9.83. The largest absolute Gasteiger partial charge is 0.336 e. The molecule has 33 heavy (non-hydrogen) atoms. The summed E-state index contributed by atoms with van der Waals surface area (Å²) in [5.41, 5.74) is 2.85. The van der Waals surface area contributed by atoms with Crippen LogP contribution in [-0.2, 0) is 11.3 Å². The maximum Gasteiger partial charge on any atom is 0.270 e. The van der Waals surface area contributed by atoms with E-state index in [1.165, 1.54) is 11.3 Å². The first-order valence-electron chi connectivity index (χ1n) is 11.1. The van der Waals surface area contributed by atoms with E-state index in [0.717, 1.165) is 22.6 Å². The number of hydrogen-bond donors (Lipinski definition) is 1. The number of nitrogens with zero attached hydrogens (tertiary/aromatic N) is 2. The molecule has 0 radical (unpaired) electrons. The van der Waals surface area contributed by atoms with Crippen LogP contribution in [-0.4, -0.2) is 34.4 Å². The summed E-state index contributed by atoms with van der Waals surface area (Å²) in [6.45, 7) is 3.71. The first-order valence-corrected chi connectivity index (χ1v) is 12.0. The lowest BCUT2D eigenvalue weighted by molar-refractivity contribution is -0.130. The van der Waals surface area contributed by atoms with Crippen LogP contribution < -0.4 is 10.9 Å². The molecule has 0 unspecified atom stereocenters. The molecule has 3 aromatic rings. The third-order valence-corrected chi connectivity index (χ3v) is 7.42. The Morgan fingerprint density at radius 1 is 1.03 bits per heavy atom. The van der Waals surface area contributed by atoms with E-state index < -0.39 is 0 Å². The zero-order valence-electron chi connectivity index (χ0n) is 18.4. The van der Waals surface area contributed by atoms with Crippen molar-refractivity contribution in [2.45, 2.75) is 25.8 Å². The van der Waals surface area contributed by atoms with Crippen LogP contribution in [0.5, 0.6) is 0 Å². The number of carbonyl (C=O) groups is 2. The molecule has 1 N–H and O–H groups in total. The van der Waals surface area contributed by atoms with Crippen LogP contribution >= 0.6 is 11.3 Å². The molecule has 0 spiro atoms. The Balaban J connectivity index is 1.44. The SMILES string of the molecule is Cc1ccsc1C=C(NC(=O)c1ccccc1)C(=O)N1C[C@H]2C[C@H](C1)c1cccc(=O)n1C2. The van der Waals surface area contributed by atoms with Crippen LogP contribution in [0.15, 0.2) is 70.5 Å². The molecule has 5 rings (SSSR count). The maximum absolute atomic E-state index is 13.7. The molecule has 2 bridgehead atoms. The highest BCUT2D eigenvalue weighted by atomic mass is 32.1. The molecule has 1 saturated heterocycles. The topological polar surface area (TPSA) is 71.4 Å². The number of nitrogens with one attached hydrogen (secondary N) is 1. The van der Waals surface area contributed by atoms with Gasteiger partial charge in [-0.05, 0) is 60.5 Å². The van der Waals surface area contributed by atoms with E-state index in [-0.39, 0.29) is 34.9 Å². The number of likely N-dealkylation sites (tertiary alicyclic amines) is 1. The number of benzene rings is 1. The van der Waals surface area contributed by atoms with Crippen LogP contribution in [0.1, 0.15) is 38.8 Å². The van der Waals surface area contributed by atoms with Gasteiger partial charge in [0, 0.05) is 47.8 Å². The molecule has 2 aliphatic rings. The molecule has 0 saturated carbocycles. The second-order valence-corrected chi connectivity index (χ2v) is 9.70. The summed E-state index contributed by atoms with van der Waals surface area (Å²) in [7, 11) is 0. The van der Waals surface area contributed by atoms with Crippen molar-refractivity contribution in [1.82, 2.24) is 14.8 Å². The Morgan fingerprint density at radius 2 is 1.85 bits per heavy atom. The van der Waals surface area contributed by atoms with E-state index in [2.05, 4.69) is 5.32 Å². The Kier molecular flexibility index (Phi) is 5.72. The van der Waals surface area contributed by atoms with Crippen molar-refractivity contribution in [3.05, 3.63) is 97.7 Å². The van der Waals surface area contributed by atoms with E-state index in [9.17, 15) is 14.4 Å². The van der Waals surface area contributed by atoms with Crippen molar-refractivity contribution in [2.75, 3.05) is 13.1 Å². The van der Waals surface area contributed by atoms with Crippen molar-refractivity contribution < 1.29 is 9.59 Å². The number of thiophene rings is 1. The van der Waals surface area contributed by atoms with Crippen LogP contribution in [0.2, 0.25) is 0 Å². The van der Waals surface area contributed by atoms with Crippen molar-refractivity contribution in [2.24, 2.45) is 5.92 Å². The van der Waals surface area contributed by atoms with Crippen LogP contribution in [0.3, 0.4) is 0 Å². The van der Waals surface area contributed by atoms with E-state index >= 15 is 0 Å². The molecule has 2 amide bonds. The average molecular weight is 460 g/mol. The van der Waals surface area contributed by atoms with E-state index in [4.69, 9.17) is 0 Å². The summed E-state index contributed by atoms with van der Waals surface area (Å²) in [5.74, 6) is -0.160. The third-order valence-electron chi connectivity index (χ3n) is 6.46. The number of aryl methyl sites for hydroxylation is 1. The molecular formula is C26H25N3O3S. The first-order chi connectivity index (χ1) is 16.0. The van der Waals surface area contributed by atoms with Crippen LogP contribution in [0.25, 0.3) is 6.08 Å². The molecule has 6 nitrogen and oxygen atoms in total. The quantitative estimate of drug-likeness (QED) is 0.606. The number of amides is 2. The van der Waals surface area contributed by atoms with Crippen molar-refractivity contribution in [1.29, 1.82) is 0 Å². The summed E-state index contributed by atoms with van der Waals surface area (Å²) in [6.07, 6.45) is 2.75. The Morgan fingerprint density at radius 3 is 2.61 bits per heavy atom. The molecule has 4 heterocycles. The minimum absolute atomic E-state index is 0.0193. The van der Waals surface area contributed by atoms with Gasteiger partial charge in [0.05, 0.1) is 0 Å². The van der Waals surface area contributed by atoms with Gasteiger partial charge in [0.15, 0.2) is 0 Å². The van der Waals surface area contributed by atoms with Gasteiger partial charge >= 0.3 is 0 Å². The third kappa shape index (κ3) is 4.28. The Hall–Kier alpha value is -3.45. The lowest BCUT2D eigenvalue weighted by Gasteiger charge is -2.43. The molecule has 1 aromatic carbocycles. The number of pyridine rings is 1. The summed E-state index contributed by atoms with van der Waals surface area (Å²) in [6, 6.07) is 16.3. The van der Waals surface area contributed by atoms with E-state index in [1.807, 2.05) is 40.0 Å². The number of rotatable bonds is 4. The number of carbonyl (C=O) groups excluding carboxylic acids is 2. The summed E-state index contributed by atoms with van der Waals surface area (Å²) in [4.78, 5) is 41.7. The average Bonchev–Trinajstić information content (AvgIpc) is 3.23. The minimum Gasteiger partial charge on any atom is -0.336 e. The van der Waals surface area contributed by atoms with Gasteiger partial charge in [-0.3, -0.25) is 14.4 Å². The van der Waals surface area contributed by atoms with Gasteiger partial charge in [-0.15, -0.1) is 11.3 Å². The van der Waals surface area contributed by atoms with Crippen molar-refractivity contribution in [3.8, 4) is 0 Å². The number of aromatic nitrogens is 1. The monoisotopic (exact) mass is 459 g/mol. The highest BCUT2D eigenvalue weighted by Gasteiger charge is 2.37. The van der Waals surface area contributed by atoms with Gasteiger partial charge in [0.25, 0.3) is 17.4 Å². The zero-order chi connectivity index (χ0) is 22.9. The molecule has 168 valence electrons. The molecule has 1 fully saturated rings. The van der Waals surface area contributed by atoms with E-state index in [1.54, 1.807) is 42.5 Å². The van der Waals surface area contributed by atoms with Crippen LogP contribution in [0.4, 0.5) is 0 Å². The van der Waals surface area contributed by atoms with Crippen molar-refractivity contribution in [3.63, 3.8) is 0 Å². The summed E-state index contributed by atoms with van der Waals surface area (Å²) < 4.78 is 1.85. The zero-order valence-corrected chi connectivity index (χ0v) is 19.2. The van der Waals surface area contributed by atoms with Gasteiger partial charge in [-0.1, -0.05) is 24.3 Å². The fraction of sp³-hybridized carbons (Fsp3) is 0.269. The standard InChI is InChI=1S/C26H25N3O3S/c1-17-10-11-33-23(17)13-21(27-25(31)19-6-3-2-4-7-19)26(32)28-14-18-12-20(16-28)22-8-5-9-24(30)29(22)15-18/h2-11,13,18,20H,12,14-16H2,1H3,(H,27,31)/t18-,20-/m1/s1. The maximum atomic E-state index is 13.7. The number of hydrogen-bond acceptors (Lipinski definition) is 4. The number of fused-ring (bicyclic) bond motifs is 4. The normalized spacial score (nSPS) is 19.7. The molecule has 2 atom stereocenters. The van der Waals surface area contributed by atoms with Crippen molar-refractivity contribution >= 4 is 29.2 Å². The van der Waals surface area contributed by atoms with Crippen LogP contribution in [0, 0.1) is 12.8 Å². The first kappa shape index (κ1) is 21.4. The molecule has 0 aliphatic carbocycles. The van der Waals surface area contributed by atoms with E-state index in [0.29, 0.717) is 25.2 Å². The summed E-state index contributed by atoms with van der Waals surface area (Å²) >= 11 is 1.54. The number of piperidine rings is 1. The fourth-order valence-corrected chi connectivity index (χ4v) is 5.69. The van der Waals surface area contributed by atoms with Gasteiger partial charge < -0.3 is 14.8 Å². The molecule has 7 heteroatoms. The lowest BCUT2D eigenvalue weighted by Crippen LogP contribution is -2.50. The van der Waals surface area contributed by atoms with Gasteiger partial charge in [-0.2, -0.15) is 0 Å². The second kappa shape index (κ2) is 8.83. The molecule has 2 aliphatic heterocycles. The summed E-state index contributed by atoms with van der Waals surface area (Å²) in [5, 5.41) is 4.85. The highest BCUT2D eigenvalue weighted by Crippen LogP contribution is 2.35. The minimum atomic E-state index is -0.307. The van der Waals surface area contributed by atoms with Gasteiger partial charge in [-0.25, -0.2) is 0 Å².